The molecular weight excluding hydrogens is 484 g/mol. The van der Waals surface area contributed by atoms with E-state index >= 15 is 0 Å². The second-order valence-electron chi connectivity index (χ2n) is 9.59. The van der Waals surface area contributed by atoms with E-state index in [0.717, 1.165) is 38.1 Å². The number of anilines is 1. The average molecular weight is 510 g/mol. The van der Waals surface area contributed by atoms with Gasteiger partial charge in [0.2, 0.25) is 0 Å². The summed E-state index contributed by atoms with van der Waals surface area (Å²) in [5.41, 5.74) is 0. The Balaban J connectivity index is 1.30. The van der Waals surface area contributed by atoms with Crippen molar-refractivity contribution in [1.29, 1.82) is 0 Å². The molecule has 2 aliphatic rings. The molecule has 9 nitrogen and oxygen atoms in total. The Morgan fingerprint density at radius 1 is 1.14 bits per heavy atom. The van der Waals surface area contributed by atoms with Gasteiger partial charge in [-0.15, -0.1) is 13.2 Å². The van der Waals surface area contributed by atoms with Crippen LogP contribution in [0.25, 0.3) is 0 Å². The number of aromatic nitrogens is 5. The molecule has 2 aromatic heterocycles. The second kappa shape index (κ2) is 9.25. The molecule has 2 bridgehead atoms. The lowest BCUT2D eigenvalue weighted by molar-refractivity contribution is -0.275. The van der Waals surface area contributed by atoms with Crippen molar-refractivity contribution in [3.63, 3.8) is 0 Å². The molecule has 3 heterocycles. The van der Waals surface area contributed by atoms with Crippen LogP contribution in [0, 0.1) is 30.5 Å². The van der Waals surface area contributed by atoms with Crippen molar-refractivity contribution in [3.8, 4) is 17.5 Å². The van der Waals surface area contributed by atoms with Gasteiger partial charge in [-0.3, -0.25) is 0 Å². The highest BCUT2D eigenvalue weighted by atomic mass is 19.4. The molecular formula is C23H26F4N6O3. The van der Waals surface area contributed by atoms with Crippen molar-refractivity contribution in [3.05, 3.63) is 35.7 Å². The zero-order valence-corrected chi connectivity index (χ0v) is 20.0. The Labute approximate surface area is 204 Å². The highest BCUT2D eigenvalue weighted by molar-refractivity contribution is 5.34. The van der Waals surface area contributed by atoms with Crippen LogP contribution in [0.2, 0.25) is 0 Å². The lowest BCUT2D eigenvalue weighted by atomic mass is 9.82. The van der Waals surface area contributed by atoms with E-state index in [1.807, 2.05) is 13.8 Å². The van der Waals surface area contributed by atoms with Crippen LogP contribution < -0.4 is 14.4 Å². The number of ether oxygens (including phenoxy) is 2. The number of piperidine rings is 1. The van der Waals surface area contributed by atoms with Gasteiger partial charge >= 0.3 is 18.4 Å². The summed E-state index contributed by atoms with van der Waals surface area (Å²) in [5, 5.41) is 8.52. The minimum atomic E-state index is -4.99. The average Bonchev–Trinajstić information content (AvgIpc) is 3.45. The third-order valence-corrected chi connectivity index (χ3v) is 6.71. The van der Waals surface area contributed by atoms with Crippen LogP contribution in [0.15, 0.2) is 22.7 Å². The number of fused-ring (bicyclic) bond motifs is 2. The van der Waals surface area contributed by atoms with Crippen LogP contribution >= 0.6 is 0 Å². The molecule has 3 atom stereocenters. The zero-order valence-electron chi connectivity index (χ0n) is 20.0. The molecule has 1 saturated heterocycles. The van der Waals surface area contributed by atoms with Gasteiger partial charge in [0.25, 0.3) is 0 Å². The van der Waals surface area contributed by atoms with Crippen molar-refractivity contribution >= 4 is 6.01 Å². The Bertz CT molecular complexity index is 1210. The van der Waals surface area contributed by atoms with Crippen molar-refractivity contribution < 1.29 is 31.6 Å². The summed E-state index contributed by atoms with van der Waals surface area (Å²) in [6.07, 6.45) is -2.14. The summed E-state index contributed by atoms with van der Waals surface area (Å²) in [5.74, 6) is 0.337. The van der Waals surface area contributed by atoms with E-state index in [9.17, 15) is 17.6 Å². The predicted molar refractivity (Wildman–Crippen MR) is 118 cm³/mol. The van der Waals surface area contributed by atoms with Gasteiger partial charge in [0.15, 0.2) is 23.2 Å². The van der Waals surface area contributed by atoms with Crippen LogP contribution in [-0.4, -0.2) is 44.4 Å². The smallest absolute Gasteiger partial charge is 0.424 e. The molecule has 36 heavy (non-hydrogen) atoms. The van der Waals surface area contributed by atoms with Crippen molar-refractivity contribution in [2.45, 2.75) is 52.4 Å². The number of hydrogen-bond donors (Lipinski definition) is 0. The summed E-state index contributed by atoms with van der Waals surface area (Å²) in [4.78, 5) is 11.1. The molecule has 13 heteroatoms. The summed E-state index contributed by atoms with van der Waals surface area (Å²) >= 11 is 0. The molecule has 1 aliphatic carbocycles. The first-order chi connectivity index (χ1) is 17.1. The van der Waals surface area contributed by atoms with Crippen LogP contribution in [0.5, 0.6) is 17.5 Å². The molecule has 0 N–H and O–H groups in total. The van der Waals surface area contributed by atoms with Gasteiger partial charge in [0.05, 0.1) is 6.04 Å². The van der Waals surface area contributed by atoms with E-state index in [0.29, 0.717) is 41.8 Å². The van der Waals surface area contributed by atoms with Gasteiger partial charge in [-0.2, -0.15) is 15.1 Å². The molecule has 0 spiro atoms. The maximum Gasteiger partial charge on any atom is 0.573 e. The number of rotatable bonds is 7. The third kappa shape index (κ3) is 5.09. The number of aryl methyl sites for hydroxylation is 1. The minimum Gasteiger partial charge on any atom is -0.424 e. The first-order valence-electron chi connectivity index (χ1n) is 11.8. The van der Waals surface area contributed by atoms with E-state index in [-0.39, 0.29) is 17.8 Å². The normalized spacial score (nSPS) is 21.9. The first kappa shape index (κ1) is 24.3. The van der Waals surface area contributed by atoms with Crippen LogP contribution in [0.3, 0.4) is 0 Å². The highest BCUT2D eigenvalue weighted by Gasteiger charge is 2.43. The molecule has 2 fully saturated rings. The monoisotopic (exact) mass is 510 g/mol. The molecule has 0 radical (unpaired) electrons. The Hall–Kier alpha value is -3.38. The fourth-order valence-electron chi connectivity index (χ4n) is 5.15. The van der Waals surface area contributed by atoms with Gasteiger partial charge in [0, 0.05) is 25.6 Å². The highest BCUT2D eigenvalue weighted by Crippen LogP contribution is 2.44. The zero-order chi connectivity index (χ0) is 25.6. The first-order valence-corrected chi connectivity index (χ1v) is 11.8. The summed E-state index contributed by atoms with van der Waals surface area (Å²) in [6, 6.07) is 3.49. The van der Waals surface area contributed by atoms with Crippen LogP contribution in [0.4, 0.5) is 23.6 Å². The number of hydrogen-bond acceptors (Lipinski definition) is 8. The number of nitrogens with zero attached hydrogens (tertiary/aromatic N) is 6. The number of benzene rings is 1. The second-order valence-corrected chi connectivity index (χ2v) is 9.59. The van der Waals surface area contributed by atoms with Gasteiger partial charge < -0.3 is 18.9 Å². The molecule has 1 unspecified atom stereocenters. The van der Waals surface area contributed by atoms with E-state index in [2.05, 4.69) is 29.9 Å². The Morgan fingerprint density at radius 3 is 2.44 bits per heavy atom. The fourth-order valence-corrected chi connectivity index (χ4v) is 5.15. The molecule has 1 aromatic carbocycles. The molecule has 0 amide bonds. The van der Waals surface area contributed by atoms with Crippen molar-refractivity contribution in [2.75, 3.05) is 18.0 Å². The minimum absolute atomic E-state index is 0.00824. The van der Waals surface area contributed by atoms with Gasteiger partial charge in [-0.1, -0.05) is 5.16 Å². The quantitative estimate of drug-likeness (QED) is 0.406. The summed E-state index contributed by atoms with van der Waals surface area (Å²) in [6.45, 7) is 7.25. The summed E-state index contributed by atoms with van der Waals surface area (Å²) in [7, 11) is 0. The lowest BCUT2D eigenvalue weighted by Gasteiger charge is -2.36. The Morgan fingerprint density at radius 2 is 1.86 bits per heavy atom. The molecule has 5 rings (SSSR count). The third-order valence-electron chi connectivity index (χ3n) is 6.71. The van der Waals surface area contributed by atoms with E-state index in [1.165, 1.54) is 6.07 Å². The number of halogens is 4. The maximum absolute atomic E-state index is 14.1. The van der Waals surface area contributed by atoms with Crippen molar-refractivity contribution in [1.82, 2.24) is 24.9 Å². The van der Waals surface area contributed by atoms with Crippen LogP contribution in [-0.2, 0) is 6.42 Å². The number of alkyl halides is 3. The Kier molecular flexibility index (Phi) is 6.25. The summed E-state index contributed by atoms with van der Waals surface area (Å²) < 4.78 is 67.7. The molecule has 1 saturated carbocycles. The van der Waals surface area contributed by atoms with Gasteiger partial charge in [-0.05, 0) is 63.5 Å². The molecule has 1 aliphatic heterocycles. The SMILES string of the molecule is Cc1noc(N2C[C@H]3CC[C@@H](C2)C3Cc2nc(Oc3ccc(OC(F)(F)F)c(F)c3)n(C(C)C)n2)n1. The van der Waals surface area contributed by atoms with Gasteiger partial charge in [-0.25, -0.2) is 9.07 Å². The van der Waals surface area contributed by atoms with E-state index in [1.54, 1.807) is 11.6 Å². The van der Waals surface area contributed by atoms with Crippen LogP contribution in [0.1, 0.15) is 44.4 Å². The fraction of sp³-hybridized carbons (Fsp3) is 0.565. The molecule has 194 valence electrons. The molecule has 3 aromatic rings. The lowest BCUT2D eigenvalue weighted by Crippen LogP contribution is -2.43. The maximum atomic E-state index is 14.1. The topological polar surface area (TPSA) is 91.3 Å². The standard InChI is InChI=1S/C23H26F4N6O3/c1-12(2)33-22(34-16-6-7-19(18(24)8-16)35-23(25,26)27)29-20(30-33)9-17-14-4-5-15(17)11-32(10-14)21-28-13(3)31-36-21/h6-8,12,14-15,17H,4-5,9-11H2,1-3H3/t14-,15+,17?. The van der Waals surface area contributed by atoms with E-state index in [4.69, 9.17) is 9.26 Å². The van der Waals surface area contributed by atoms with E-state index < -0.39 is 17.9 Å². The predicted octanol–water partition coefficient (Wildman–Crippen LogP) is 5.09. The van der Waals surface area contributed by atoms with Gasteiger partial charge in [0.1, 0.15) is 5.75 Å². The van der Waals surface area contributed by atoms with Crippen molar-refractivity contribution in [2.24, 2.45) is 17.8 Å². The largest absolute Gasteiger partial charge is 0.573 e.